The van der Waals surface area contributed by atoms with E-state index in [9.17, 15) is 21.6 Å². The maximum atomic E-state index is 13.3. The molecule has 3 rings (SSSR count). The maximum absolute atomic E-state index is 13.3. The minimum absolute atomic E-state index is 0.0259. The fourth-order valence-electron chi connectivity index (χ4n) is 2.51. The Balaban J connectivity index is 2.33. The Morgan fingerprint density at radius 3 is 2.65 bits per heavy atom. The van der Waals surface area contributed by atoms with Gasteiger partial charge in [-0.15, -0.1) is 0 Å². The van der Waals surface area contributed by atoms with Crippen molar-refractivity contribution in [1.29, 1.82) is 0 Å². The Bertz CT molecular complexity index is 1130. The van der Waals surface area contributed by atoms with Crippen LogP contribution >= 0.6 is 11.6 Å². The van der Waals surface area contributed by atoms with Gasteiger partial charge < -0.3 is 0 Å². The summed E-state index contributed by atoms with van der Waals surface area (Å²) in [6.07, 6.45) is -1.20. The van der Waals surface area contributed by atoms with E-state index < -0.39 is 27.5 Å². The predicted octanol–water partition coefficient (Wildman–Crippen LogP) is 2.69. The summed E-state index contributed by atoms with van der Waals surface area (Å²) in [6, 6.07) is 3.21. The van der Waals surface area contributed by atoms with Crippen LogP contribution in [0.2, 0.25) is 5.02 Å². The van der Waals surface area contributed by atoms with Gasteiger partial charge in [-0.25, -0.2) is 18.5 Å². The number of halogens is 4. The van der Waals surface area contributed by atoms with Crippen molar-refractivity contribution < 1.29 is 21.6 Å². The van der Waals surface area contributed by atoms with Crippen LogP contribution in [0.25, 0.3) is 22.9 Å². The van der Waals surface area contributed by atoms with Crippen molar-refractivity contribution >= 4 is 38.7 Å². The van der Waals surface area contributed by atoms with Crippen LogP contribution in [0.5, 0.6) is 0 Å². The molecule has 0 aliphatic carbocycles. The first-order chi connectivity index (χ1) is 12.0. The highest BCUT2D eigenvalue weighted by atomic mass is 35.5. The summed E-state index contributed by atoms with van der Waals surface area (Å²) in [5.41, 5.74) is -1.37. The van der Waals surface area contributed by atoms with Crippen LogP contribution in [0.1, 0.15) is 11.3 Å². The number of fused-ring (bicyclic) bond motifs is 1. The monoisotopic (exact) mass is 405 g/mol. The van der Waals surface area contributed by atoms with Gasteiger partial charge in [0.15, 0.2) is 5.69 Å². The lowest BCUT2D eigenvalue weighted by molar-refractivity contribution is -0.141. The van der Waals surface area contributed by atoms with Crippen molar-refractivity contribution in [3.05, 3.63) is 46.2 Å². The Morgan fingerprint density at radius 1 is 1.35 bits per heavy atom. The molecule has 2 N–H and O–H groups in total. The zero-order valence-corrected chi connectivity index (χ0v) is 14.6. The van der Waals surface area contributed by atoms with Crippen molar-refractivity contribution in [3.8, 4) is 5.82 Å². The number of nitrogens with zero attached hydrogens (tertiary/aromatic N) is 4. The number of rotatable bonds is 3. The van der Waals surface area contributed by atoms with Crippen molar-refractivity contribution in [2.45, 2.75) is 6.18 Å². The molecule has 0 aliphatic rings. The summed E-state index contributed by atoms with van der Waals surface area (Å²) >= 11 is 5.87. The van der Waals surface area contributed by atoms with Gasteiger partial charge in [0.25, 0.3) is 0 Å². The van der Waals surface area contributed by atoms with E-state index in [0.717, 1.165) is 10.8 Å². The molecule has 0 spiro atoms. The molecule has 0 aromatic carbocycles. The standard InChI is InChI=1S/C14H11ClF3N5O2S/c1-22-13(23-4-2-8-6-9(15)7-20-12(8)23)10(3-5-26(19,24)25)11(21-22)14(16,17)18/h2-7H,1H3,(H2,19,24,25)/b5-3+. The summed E-state index contributed by atoms with van der Waals surface area (Å²) in [7, 11) is -2.83. The second kappa shape index (κ2) is 6.11. The lowest BCUT2D eigenvalue weighted by Crippen LogP contribution is -2.09. The quantitative estimate of drug-likeness (QED) is 0.724. The molecule has 0 unspecified atom stereocenters. The van der Waals surface area contributed by atoms with Gasteiger partial charge in [-0.1, -0.05) is 11.6 Å². The van der Waals surface area contributed by atoms with Crippen LogP contribution in [-0.4, -0.2) is 27.7 Å². The van der Waals surface area contributed by atoms with E-state index in [1.54, 1.807) is 12.1 Å². The molecule has 12 heteroatoms. The number of pyridine rings is 1. The van der Waals surface area contributed by atoms with Gasteiger partial charge in [0.2, 0.25) is 10.0 Å². The highest BCUT2D eigenvalue weighted by Crippen LogP contribution is 2.35. The first-order valence-electron chi connectivity index (χ1n) is 6.95. The lowest BCUT2D eigenvalue weighted by atomic mass is 10.2. The molecule has 0 fully saturated rings. The zero-order valence-electron chi connectivity index (χ0n) is 13.1. The normalized spacial score (nSPS) is 13.2. The van der Waals surface area contributed by atoms with Crippen molar-refractivity contribution in [2.75, 3.05) is 0 Å². The van der Waals surface area contributed by atoms with Crippen molar-refractivity contribution in [1.82, 2.24) is 19.3 Å². The van der Waals surface area contributed by atoms with Gasteiger partial charge in [-0.3, -0.25) is 9.25 Å². The number of hydrogen-bond acceptors (Lipinski definition) is 4. The smallest absolute Gasteiger partial charge is 0.285 e. The molecule has 0 bridgehead atoms. The highest BCUT2D eigenvalue weighted by molar-refractivity contribution is 7.92. The third-order valence-electron chi connectivity index (χ3n) is 3.47. The lowest BCUT2D eigenvalue weighted by Gasteiger charge is -2.08. The molecule has 3 heterocycles. The molecule has 0 aliphatic heterocycles. The number of alkyl halides is 3. The van der Waals surface area contributed by atoms with E-state index in [1.807, 2.05) is 0 Å². The molecule has 0 atom stereocenters. The molecule has 0 saturated carbocycles. The van der Waals surface area contributed by atoms with Gasteiger partial charge in [0.1, 0.15) is 11.5 Å². The summed E-state index contributed by atoms with van der Waals surface area (Å²) in [6.45, 7) is 0. The fraction of sp³-hybridized carbons (Fsp3) is 0.143. The SMILES string of the molecule is Cn1nc(C(F)(F)F)c(/C=C/S(N)(=O)=O)c1-n1ccc2cc(Cl)cnc21. The number of hydrogen-bond donors (Lipinski definition) is 1. The van der Waals surface area contributed by atoms with Crippen LogP contribution in [0.4, 0.5) is 13.2 Å². The van der Waals surface area contributed by atoms with E-state index in [-0.39, 0.29) is 5.82 Å². The number of nitrogens with two attached hydrogens (primary N) is 1. The van der Waals surface area contributed by atoms with E-state index >= 15 is 0 Å². The Kier molecular flexibility index (Phi) is 4.33. The topological polar surface area (TPSA) is 95.8 Å². The van der Waals surface area contributed by atoms with Crippen molar-refractivity contribution in [3.63, 3.8) is 0 Å². The molecule has 0 amide bonds. The molecule has 3 aromatic heterocycles. The van der Waals surface area contributed by atoms with Gasteiger partial charge in [0, 0.05) is 30.2 Å². The summed E-state index contributed by atoms with van der Waals surface area (Å²) < 4.78 is 64.7. The maximum Gasteiger partial charge on any atom is 0.435 e. The number of sulfonamides is 1. The molecule has 26 heavy (non-hydrogen) atoms. The Labute approximate surface area is 150 Å². The first kappa shape index (κ1) is 18.4. The zero-order chi connectivity index (χ0) is 19.3. The summed E-state index contributed by atoms with van der Waals surface area (Å²) in [5.74, 6) is -0.0259. The van der Waals surface area contributed by atoms with E-state index in [4.69, 9.17) is 16.7 Å². The largest absolute Gasteiger partial charge is 0.435 e. The summed E-state index contributed by atoms with van der Waals surface area (Å²) in [5, 5.41) is 9.80. The fourth-order valence-corrected chi connectivity index (χ4v) is 3.00. The minimum atomic E-state index is -4.80. The van der Waals surface area contributed by atoms with E-state index in [1.165, 1.54) is 24.0 Å². The van der Waals surface area contributed by atoms with Crippen LogP contribution in [0.15, 0.2) is 29.9 Å². The molecule has 3 aromatic rings. The van der Waals surface area contributed by atoms with E-state index in [2.05, 4.69) is 10.1 Å². The highest BCUT2D eigenvalue weighted by Gasteiger charge is 2.38. The van der Waals surface area contributed by atoms with Gasteiger partial charge in [-0.2, -0.15) is 18.3 Å². The van der Waals surface area contributed by atoms with Crippen LogP contribution in [0, 0.1) is 0 Å². The van der Waals surface area contributed by atoms with Gasteiger partial charge in [0.05, 0.1) is 10.6 Å². The van der Waals surface area contributed by atoms with Crippen LogP contribution in [0.3, 0.4) is 0 Å². The van der Waals surface area contributed by atoms with Gasteiger partial charge >= 0.3 is 6.18 Å². The second-order valence-electron chi connectivity index (χ2n) is 5.35. The predicted molar refractivity (Wildman–Crippen MR) is 90.0 cm³/mol. The number of primary sulfonamides is 1. The molecule has 0 saturated heterocycles. The number of aromatic nitrogens is 4. The Hall–Kier alpha value is -2.37. The van der Waals surface area contributed by atoms with Crippen LogP contribution < -0.4 is 5.14 Å². The average molecular weight is 406 g/mol. The molecular formula is C14H11ClF3N5O2S. The molecule has 138 valence electrons. The second-order valence-corrected chi connectivity index (χ2v) is 7.24. The number of aryl methyl sites for hydroxylation is 1. The minimum Gasteiger partial charge on any atom is -0.285 e. The molecule has 0 radical (unpaired) electrons. The van der Waals surface area contributed by atoms with Gasteiger partial charge in [-0.05, 0) is 18.2 Å². The third-order valence-corrected chi connectivity index (χ3v) is 4.19. The first-order valence-corrected chi connectivity index (χ1v) is 8.94. The molecule has 7 nitrogen and oxygen atoms in total. The Morgan fingerprint density at radius 2 is 2.04 bits per heavy atom. The van der Waals surface area contributed by atoms with E-state index in [0.29, 0.717) is 21.5 Å². The third kappa shape index (κ3) is 3.45. The summed E-state index contributed by atoms with van der Waals surface area (Å²) in [4.78, 5) is 4.12. The van der Waals surface area contributed by atoms with Crippen LogP contribution in [-0.2, 0) is 23.2 Å². The van der Waals surface area contributed by atoms with Crippen molar-refractivity contribution in [2.24, 2.45) is 12.2 Å². The average Bonchev–Trinajstić information content (AvgIpc) is 3.04. The molecular weight excluding hydrogens is 395 g/mol.